The molecule has 0 aromatic heterocycles. The van der Waals surface area contributed by atoms with Crippen molar-refractivity contribution in [2.45, 2.75) is 50.6 Å². The van der Waals surface area contributed by atoms with E-state index < -0.39 is 42.5 Å². The van der Waals surface area contributed by atoms with Gasteiger partial charge >= 0.3 is 23.9 Å². The Morgan fingerprint density at radius 3 is 1.83 bits per heavy atom. The Balaban J connectivity index is 3.82. The minimum absolute atomic E-state index is 0.0480. The van der Waals surface area contributed by atoms with Gasteiger partial charge in [0.25, 0.3) is 0 Å². The maximum atomic E-state index is 11.4. The molecule has 0 heterocycles. The van der Waals surface area contributed by atoms with Crippen LogP contribution in [-0.4, -0.2) is 49.1 Å². The Morgan fingerprint density at radius 2 is 1.29 bits per heavy atom. The minimum Gasteiger partial charge on any atom is -0.392 e. The predicted molar refractivity (Wildman–Crippen MR) is 84.0 cm³/mol. The second-order valence-corrected chi connectivity index (χ2v) is 5.18. The molecule has 0 bridgehead atoms. The van der Waals surface area contributed by atoms with Crippen LogP contribution >= 0.6 is 0 Å². The van der Waals surface area contributed by atoms with E-state index in [0.717, 1.165) is 0 Å². The molecule has 0 aliphatic carbocycles. The van der Waals surface area contributed by atoms with E-state index in [1.165, 1.54) is 0 Å². The smallest absolute Gasteiger partial charge is 0.330 e. The summed E-state index contributed by atoms with van der Waals surface area (Å²) in [5, 5.41) is 0. The molecular formula is C14H26N4O6. The number of rotatable bonds is 11. The SMILES string of the molecule is NCCC(N)C(=O)OC(=O)CCCCCC(N)C(=O)OC(=O)CN. The molecular weight excluding hydrogens is 320 g/mol. The summed E-state index contributed by atoms with van der Waals surface area (Å²) in [6, 6.07) is -1.83. The van der Waals surface area contributed by atoms with Crippen LogP contribution in [0.4, 0.5) is 0 Å². The molecule has 0 amide bonds. The van der Waals surface area contributed by atoms with Gasteiger partial charge in [0.05, 0.1) is 6.54 Å². The minimum atomic E-state index is -0.928. The average Bonchev–Trinajstić information content (AvgIpc) is 2.54. The molecule has 8 N–H and O–H groups in total. The fourth-order valence-electron chi connectivity index (χ4n) is 1.69. The Bertz CT molecular complexity index is 443. The van der Waals surface area contributed by atoms with Crippen LogP contribution in [0, 0.1) is 0 Å². The molecule has 0 saturated carbocycles. The van der Waals surface area contributed by atoms with Crippen molar-refractivity contribution in [3.63, 3.8) is 0 Å². The van der Waals surface area contributed by atoms with Gasteiger partial charge in [-0.1, -0.05) is 12.8 Å². The molecule has 0 aromatic carbocycles. The van der Waals surface area contributed by atoms with E-state index in [4.69, 9.17) is 22.9 Å². The molecule has 0 rings (SSSR count). The van der Waals surface area contributed by atoms with Crippen molar-refractivity contribution in [3.05, 3.63) is 0 Å². The van der Waals surface area contributed by atoms with E-state index in [1.54, 1.807) is 0 Å². The van der Waals surface area contributed by atoms with Gasteiger partial charge in [0, 0.05) is 6.42 Å². The largest absolute Gasteiger partial charge is 0.392 e. The summed E-state index contributed by atoms with van der Waals surface area (Å²) < 4.78 is 8.96. The van der Waals surface area contributed by atoms with Crippen LogP contribution in [0.1, 0.15) is 38.5 Å². The average molecular weight is 346 g/mol. The molecule has 2 atom stereocenters. The Hall–Kier alpha value is -1.88. The van der Waals surface area contributed by atoms with Crippen LogP contribution in [0.3, 0.4) is 0 Å². The number of carbonyl (C=O) groups excluding carboxylic acids is 4. The topological polar surface area (TPSA) is 191 Å². The maximum Gasteiger partial charge on any atom is 0.330 e. The summed E-state index contributed by atoms with van der Waals surface area (Å²) in [7, 11) is 0. The van der Waals surface area contributed by atoms with E-state index in [2.05, 4.69) is 9.47 Å². The summed E-state index contributed by atoms with van der Waals surface area (Å²) in [4.78, 5) is 45.0. The van der Waals surface area contributed by atoms with E-state index in [1.807, 2.05) is 0 Å². The zero-order chi connectivity index (χ0) is 18.5. The monoisotopic (exact) mass is 346 g/mol. The highest BCUT2D eigenvalue weighted by Crippen LogP contribution is 2.07. The normalized spacial score (nSPS) is 13.0. The molecule has 10 heteroatoms. The number of nitrogens with two attached hydrogens (primary N) is 4. The lowest BCUT2D eigenvalue weighted by Gasteiger charge is -2.10. The highest BCUT2D eigenvalue weighted by atomic mass is 16.6. The van der Waals surface area contributed by atoms with Crippen LogP contribution in [0.5, 0.6) is 0 Å². The number of hydrogen-bond donors (Lipinski definition) is 4. The Labute approximate surface area is 140 Å². The highest BCUT2D eigenvalue weighted by molar-refractivity contribution is 5.89. The zero-order valence-corrected chi connectivity index (χ0v) is 13.6. The van der Waals surface area contributed by atoms with Gasteiger partial charge in [-0.15, -0.1) is 0 Å². The molecule has 0 aromatic rings. The first-order valence-electron chi connectivity index (χ1n) is 7.72. The molecule has 0 aliphatic heterocycles. The van der Waals surface area contributed by atoms with Gasteiger partial charge in [0.2, 0.25) is 0 Å². The van der Waals surface area contributed by atoms with Crippen LogP contribution in [0.15, 0.2) is 0 Å². The summed E-state index contributed by atoms with van der Waals surface area (Å²) in [5.41, 5.74) is 21.3. The van der Waals surface area contributed by atoms with Gasteiger partial charge < -0.3 is 32.4 Å². The Kier molecular flexibility index (Phi) is 11.5. The quantitative estimate of drug-likeness (QED) is 0.185. The van der Waals surface area contributed by atoms with E-state index in [0.29, 0.717) is 25.7 Å². The lowest BCUT2D eigenvalue weighted by molar-refractivity contribution is -0.162. The van der Waals surface area contributed by atoms with Crippen molar-refractivity contribution in [1.82, 2.24) is 0 Å². The van der Waals surface area contributed by atoms with Crippen molar-refractivity contribution >= 4 is 23.9 Å². The first-order valence-corrected chi connectivity index (χ1v) is 7.72. The summed E-state index contributed by atoms with van der Waals surface area (Å²) in [6.45, 7) is -0.168. The molecule has 0 spiro atoms. The van der Waals surface area contributed by atoms with Gasteiger partial charge in [-0.2, -0.15) is 0 Å². The van der Waals surface area contributed by atoms with Crippen LogP contribution in [0.2, 0.25) is 0 Å². The van der Waals surface area contributed by atoms with Crippen molar-refractivity contribution in [2.75, 3.05) is 13.1 Å². The summed E-state index contributed by atoms with van der Waals surface area (Å²) in [6.07, 6.45) is 2.18. The molecule has 138 valence electrons. The summed E-state index contributed by atoms with van der Waals surface area (Å²) >= 11 is 0. The molecule has 24 heavy (non-hydrogen) atoms. The van der Waals surface area contributed by atoms with Gasteiger partial charge in [0.15, 0.2) is 0 Å². The maximum absolute atomic E-state index is 11.4. The van der Waals surface area contributed by atoms with E-state index >= 15 is 0 Å². The third-order valence-corrected chi connectivity index (χ3v) is 3.07. The number of esters is 4. The molecule has 0 saturated heterocycles. The van der Waals surface area contributed by atoms with Crippen molar-refractivity contribution in [3.8, 4) is 0 Å². The highest BCUT2D eigenvalue weighted by Gasteiger charge is 2.19. The van der Waals surface area contributed by atoms with Gasteiger partial charge in [0.1, 0.15) is 12.1 Å². The lowest BCUT2D eigenvalue weighted by atomic mass is 10.1. The number of ether oxygens (including phenoxy) is 2. The van der Waals surface area contributed by atoms with Crippen LogP contribution in [-0.2, 0) is 28.7 Å². The lowest BCUT2D eigenvalue weighted by Crippen LogP contribution is -2.35. The first-order chi connectivity index (χ1) is 11.3. The zero-order valence-electron chi connectivity index (χ0n) is 13.6. The van der Waals surface area contributed by atoms with Crippen LogP contribution < -0.4 is 22.9 Å². The fraction of sp³-hybridized carbons (Fsp3) is 0.714. The molecule has 0 fully saturated rings. The van der Waals surface area contributed by atoms with Crippen molar-refractivity contribution in [1.29, 1.82) is 0 Å². The standard InChI is InChI=1S/C14H26N4O6/c15-7-6-10(18)14(22)23-11(19)5-3-1-2-4-9(17)13(21)24-12(20)8-16/h9-10H,1-8,15-18H2. The number of carbonyl (C=O) groups is 4. The third-order valence-electron chi connectivity index (χ3n) is 3.07. The Morgan fingerprint density at radius 1 is 0.750 bits per heavy atom. The molecule has 0 radical (unpaired) electrons. The molecule has 10 nitrogen and oxygen atoms in total. The van der Waals surface area contributed by atoms with E-state index in [9.17, 15) is 19.2 Å². The fourth-order valence-corrected chi connectivity index (χ4v) is 1.69. The third kappa shape index (κ3) is 10.0. The number of unbranched alkanes of at least 4 members (excludes halogenated alkanes) is 2. The van der Waals surface area contributed by atoms with Crippen molar-refractivity contribution in [2.24, 2.45) is 22.9 Å². The second-order valence-electron chi connectivity index (χ2n) is 5.18. The van der Waals surface area contributed by atoms with E-state index in [-0.39, 0.29) is 19.4 Å². The molecule has 0 aliphatic rings. The van der Waals surface area contributed by atoms with Crippen molar-refractivity contribution < 1.29 is 28.7 Å². The predicted octanol–water partition coefficient (Wildman–Crippen LogP) is -1.96. The molecule has 2 unspecified atom stereocenters. The van der Waals surface area contributed by atoms with Gasteiger partial charge in [-0.25, -0.2) is 9.59 Å². The first kappa shape index (κ1) is 22.1. The summed E-state index contributed by atoms with van der Waals surface area (Å²) in [5.74, 6) is -3.12. The second kappa shape index (κ2) is 12.5. The van der Waals surface area contributed by atoms with Gasteiger partial charge in [-0.3, -0.25) is 9.59 Å². The number of hydrogen-bond acceptors (Lipinski definition) is 10. The van der Waals surface area contributed by atoms with Gasteiger partial charge in [-0.05, 0) is 25.8 Å². The van der Waals surface area contributed by atoms with Crippen LogP contribution in [0.25, 0.3) is 0 Å².